The summed E-state index contributed by atoms with van der Waals surface area (Å²) >= 11 is 0. The van der Waals surface area contributed by atoms with Gasteiger partial charge in [-0.15, -0.1) is 0 Å². The third-order valence-electron chi connectivity index (χ3n) is 3.42. The van der Waals surface area contributed by atoms with Crippen LogP contribution in [-0.4, -0.2) is 23.3 Å². The van der Waals surface area contributed by atoms with Crippen LogP contribution in [0.4, 0.5) is 5.95 Å². The fourth-order valence-electron chi connectivity index (χ4n) is 2.23. The SMILES string of the molecule is COc1ccc(C=NNc2nc(C)cc(-c3ccccc3)n2)cc1. The number of anilines is 1. The van der Waals surface area contributed by atoms with Crippen LogP contribution in [-0.2, 0) is 0 Å². The van der Waals surface area contributed by atoms with Crippen LogP contribution in [0.2, 0.25) is 0 Å². The molecule has 0 fully saturated rings. The lowest BCUT2D eigenvalue weighted by Gasteiger charge is -2.05. The van der Waals surface area contributed by atoms with E-state index in [4.69, 9.17) is 4.74 Å². The zero-order valence-corrected chi connectivity index (χ0v) is 13.6. The summed E-state index contributed by atoms with van der Waals surface area (Å²) in [5.41, 5.74) is 6.64. The molecule has 0 saturated heterocycles. The van der Waals surface area contributed by atoms with Gasteiger partial charge in [0.2, 0.25) is 5.95 Å². The maximum atomic E-state index is 5.13. The Bertz CT molecular complexity index is 830. The summed E-state index contributed by atoms with van der Waals surface area (Å²) in [5, 5.41) is 4.20. The predicted molar refractivity (Wildman–Crippen MR) is 96.4 cm³/mol. The van der Waals surface area contributed by atoms with Gasteiger partial charge in [0.15, 0.2) is 0 Å². The minimum atomic E-state index is 0.471. The van der Waals surface area contributed by atoms with E-state index in [0.29, 0.717) is 5.95 Å². The Morgan fingerprint density at radius 3 is 2.46 bits per heavy atom. The number of hydrogen-bond acceptors (Lipinski definition) is 5. The lowest BCUT2D eigenvalue weighted by atomic mass is 10.1. The molecule has 0 aliphatic carbocycles. The van der Waals surface area contributed by atoms with E-state index >= 15 is 0 Å². The van der Waals surface area contributed by atoms with Crippen molar-refractivity contribution in [3.63, 3.8) is 0 Å². The van der Waals surface area contributed by atoms with Crippen LogP contribution < -0.4 is 10.2 Å². The van der Waals surface area contributed by atoms with Crippen LogP contribution in [0.15, 0.2) is 65.8 Å². The second-order valence-corrected chi connectivity index (χ2v) is 5.23. The van der Waals surface area contributed by atoms with Crippen molar-refractivity contribution in [3.8, 4) is 17.0 Å². The molecule has 120 valence electrons. The third kappa shape index (κ3) is 3.95. The van der Waals surface area contributed by atoms with Gasteiger partial charge in [-0.2, -0.15) is 5.10 Å². The summed E-state index contributed by atoms with van der Waals surface area (Å²) in [6.07, 6.45) is 1.72. The Morgan fingerprint density at radius 1 is 1.00 bits per heavy atom. The van der Waals surface area contributed by atoms with Gasteiger partial charge in [0.25, 0.3) is 0 Å². The molecule has 0 aliphatic heterocycles. The topological polar surface area (TPSA) is 59.4 Å². The molecule has 5 heteroatoms. The van der Waals surface area contributed by atoms with Gasteiger partial charge >= 0.3 is 0 Å². The second kappa shape index (κ2) is 7.37. The Kier molecular flexibility index (Phi) is 4.81. The molecule has 5 nitrogen and oxygen atoms in total. The molecule has 1 N–H and O–H groups in total. The van der Waals surface area contributed by atoms with E-state index in [-0.39, 0.29) is 0 Å². The fourth-order valence-corrected chi connectivity index (χ4v) is 2.23. The number of nitrogens with zero attached hydrogens (tertiary/aromatic N) is 3. The predicted octanol–water partition coefficient (Wildman–Crippen LogP) is 3.91. The van der Waals surface area contributed by atoms with Gasteiger partial charge in [0.1, 0.15) is 5.75 Å². The molecule has 0 bridgehead atoms. The van der Waals surface area contributed by atoms with Crippen LogP contribution in [0.3, 0.4) is 0 Å². The minimum absolute atomic E-state index is 0.471. The largest absolute Gasteiger partial charge is 0.497 e. The molecule has 2 aromatic carbocycles. The average molecular weight is 318 g/mol. The Morgan fingerprint density at radius 2 is 1.75 bits per heavy atom. The molecular formula is C19H18N4O. The summed E-state index contributed by atoms with van der Waals surface area (Å²) in [7, 11) is 1.64. The monoisotopic (exact) mass is 318 g/mol. The van der Waals surface area contributed by atoms with Crippen molar-refractivity contribution >= 4 is 12.2 Å². The summed E-state index contributed by atoms with van der Waals surface area (Å²) in [5.74, 6) is 1.29. The number of aryl methyl sites for hydroxylation is 1. The van der Waals surface area contributed by atoms with Crippen molar-refractivity contribution in [2.75, 3.05) is 12.5 Å². The van der Waals surface area contributed by atoms with E-state index in [0.717, 1.165) is 28.3 Å². The van der Waals surface area contributed by atoms with Crippen LogP contribution in [0.1, 0.15) is 11.3 Å². The maximum Gasteiger partial charge on any atom is 0.244 e. The average Bonchev–Trinajstić information content (AvgIpc) is 2.63. The number of aromatic nitrogens is 2. The summed E-state index contributed by atoms with van der Waals surface area (Å²) in [6.45, 7) is 1.94. The summed E-state index contributed by atoms with van der Waals surface area (Å²) in [4.78, 5) is 8.87. The van der Waals surface area contributed by atoms with E-state index in [9.17, 15) is 0 Å². The zero-order chi connectivity index (χ0) is 16.8. The quantitative estimate of drug-likeness (QED) is 0.572. The Labute approximate surface area is 141 Å². The molecule has 0 atom stereocenters. The van der Waals surface area contributed by atoms with Crippen LogP contribution in [0.25, 0.3) is 11.3 Å². The maximum absolute atomic E-state index is 5.13. The first-order valence-electron chi connectivity index (χ1n) is 7.59. The van der Waals surface area contributed by atoms with Gasteiger partial charge in [0, 0.05) is 11.3 Å². The highest BCUT2D eigenvalue weighted by Gasteiger charge is 2.03. The van der Waals surface area contributed by atoms with Gasteiger partial charge in [-0.25, -0.2) is 15.4 Å². The minimum Gasteiger partial charge on any atom is -0.497 e. The van der Waals surface area contributed by atoms with E-state index in [1.807, 2.05) is 67.6 Å². The molecule has 3 aromatic rings. The molecular weight excluding hydrogens is 300 g/mol. The Balaban J connectivity index is 1.75. The van der Waals surface area contributed by atoms with E-state index in [1.54, 1.807) is 13.3 Å². The van der Waals surface area contributed by atoms with E-state index in [2.05, 4.69) is 20.5 Å². The number of ether oxygens (including phenoxy) is 1. The Hall–Kier alpha value is -3.21. The number of nitrogens with one attached hydrogen (secondary N) is 1. The summed E-state index contributed by atoms with van der Waals surface area (Å²) in [6, 6.07) is 19.6. The highest BCUT2D eigenvalue weighted by Crippen LogP contribution is 2.18. The molecule has 24 heavy (non-hydrogen) atoms. The lowest BCUT2D eigenvalue weighted by molar-refractivity contribution is 0.415. The van der Waals surface area contributed by atoms with Crippen molar-refractivity contribution in [2.45, 2.75) is 6.92 Å². The first-order valence-corrected chi connectivity index (χ1v) is 7.59. The van der Waals surface area contributed by atoms with Crippen LogP contribution >= 0.6 is 0 Å². The number of methoxy groups -OCH3 is 1. The number of hydrazone groups is 1. The zero-order valence-electron chi connectivity index (χ0n) is 13.6. The van der Waals surface area contributed by atoms with Gasteiger partial charge in [-0.1, -0.05) is 30.3 Å². The molecule has 1 aromatic heterocycles. The summed E-state index contributed by atoms with van der Waals surface area (Å²) < 4.78 is 5.13. The van der Waals surface area contributed by atoms with Gasteiger partial charge in [-0.05, 0) is 42.8 Å². The van der Waals surface area contributed by atoms with Crippen molar-refractivity contribution < 1.29 is 4.74 Å². The fraction of sp³-hybridized carbons (Fsp3) is 0.105. The lowest BCUT2D eigenvalue weighted by Crippen LogP contribution is -2.00. The van der Waals surface area contributed by atoms with Crippen molar-refractivity contribution in [1.29, 1.82) is 0 Å². The molecule has 0 radical (unpaired) electrons. The molecule has 1 heterocycles. The highest BCUT2D eigenvalue weighted by atomic mass is 16.5. The van der Waals surface area contributed by atoms with Gasteiger partial charge in [0.05, 0.1) is 19.0 Å². The van der Waals surface area contributed by atoms with Crippen LogP contribution in [0.5, 0.6) is 5.75 Å². The molecule has 3 rings (SSSR count). The molecule has 0 aliphatic rings. The third-order valence-corrected chi connectivity index (χ3v) is 3.42. The smallest absolute Gasteiger partial charge is 0.244 e. The van der Waals surface area contributed by atoms with E-state index < -0.39 is 0 Å². The van der Waals surface area contributed by atoms with Crippen molar-refractivity contribution in [3.05, 3.63) is 71.9 Å². The number of rotatable bonds is 5. The highest BCUT2D eigenvalue weighted by molar-refractivity contribution is 5.80. The van der Waals surface area contributed by atoms with Crippen LogP contribution in [0, 0.1) is 6.92 Å². The molecule has 0 amide bonds. The van der Waals surface area contributed by atoms with Crippen molar-refractivity contribution in [1.82, 2.24) is 9.97 Å². The van der Waals surface area contributed by atoms with Gasteiger partial charge < -0.3 is 4.74 Å². The van der Waals surface area contributed by atoms with Crippen molar-refractivity contribution in [2.24, 2.45) is 5.10 Å². The number of benzene rings is 2. The normalized spacial score (nSPS) is 10.8. The van der Waals surface area contributed by atoms with E-state index in [1.165, 1.54) is 0 Å². The first-order chi connectivity index (χ1) is 11.7. The second-order valence-electron chi connectivity index (χ2n) is 5.23. The molecule has 0 unspecified atom stereocenters. The molecule has 0 spiro atoms. The van der Waals surface area contributed by atoms with Gasteiger partial charge in [-0.3, -0.25) is 0 Å². The standard InChI is InChI=1S/C19H18N4O/c1-14-12-18(16-6-4-3-5-7-16)22-19(21-14)23-20-13-15-8-10-17(24-2)11-9-15/h3-13H,1-2H3,(H,21,22,23). The number of hydrogen-bond donors (Lipinski definition) is 1. The molecule has 0 saturated carbocycles. The first kappa shape index (κ1) is 15.7.